The second kappa shape index (κ2) is 3.30. The van der Waals surface area contributed by atoms with Crippen LogP contribution in [0.25, 0.3) is 10.9 Å². The lowest BCUT2D eigenvalue weighted by Gasteiger charge is -2.05. The van der Waals surface area contributed by atoms with Crippen molar-refractivity contribution in [3.63, 3.8) is 0 Å². The van der Waals surface area contributed by atoms with Crippen LogP contribution in [-0.4, -0.2) is 4.57 Å². The average Bonchev–Trinajstić information content (AvgIpc) is 2.50. The van der Waals surface area contributed by atoms with Gasteiger partial charge in [0.25, 0.3) is 0 Å². The Balaban J connectivity index is 2.87. The second-order valence-corrected chi connectivity index (χ2v) is 3.92. The van der Waals surface area contributed by atoms with Crippen LogP contribution in [0.3, 0.4) is 0 Å². The van der Waals surface area contributed by atoms with Crippen LogP contribution in [0.1, 0.15) is 11.3 Å². The molecule has 0 aliphatic carbocycles. The van der Waals surface area contributed by atoms with Crippen molar-refractivity contribution < 1.29 is 0 Å². The maximum atomic E-state index is 6.07. The van der Waals surface area contributed by atoms with E-state index in [9.17, 15) is 0 Å². The summed E-state index contributed by atoms with van der Waals surface area (Å²) in [6.45, 7) is 2.59. The van der Waals surface area contributed by atoms with Gasteiger partial charge >= 0.3 is 0 Å². The normalized spacial score (nSPS) is 11.1. The molecule has 0 atom stereocenters. The Hall–Kier alpha value is -0.990. The zero-order valence-electron chi connectivity index (χ0n) is 8.34. The van der Waals surface area contributed by atoms with Crippen LogP contribution in [0.5, 0.6) is 0 Å². The lowest BCUT2D eigenvalue weighted by atomic mass is 10.1. The van der Waals surface area contributed by atoms with E-state index in [1.54, 1.807) is 0 Å². The fourth-order valence-corrected chi connectivity index (χ4v) is 2.03. The Kier molecular flexibility index (Phi) is 2.25. The smallest absolute Gasteiger partial charge is 0.0524 e. The Bertz CT molecular complexity index is 485. The number of rotatable bonds is 1. The molecule has 2 rings (SSSR count). The first-order valence-corrected chi connectivity index (χ1v) is 4.96. The average molecular weight is 209 g/mol. The van der Waals surface area contributed by atoms with Gasteiger partial charge in [-0.05, 0) is 24.6 Å². The van der Waals surface area contributed by atoms with E-state index in [4.69, 9.17) is 17.3 Å². The Labute approximate surface area is 88.3 Å². The van der Waals surface area contributed by atoms with E-state index in [0.717, 1.165) is 16.3 Å². The van der Waals surface area contributed by atoms with Gasteiger partial charge in [0.05, 0.1) is 5.52 Å². The maximum absolute atomic E-state index is 6.07. The third-order valence-corrected chi connectivity index (χ3v) is 3.10. The second-order valence-electron chi connectivity index (χ2n) is 3.51. The van der Waals surface area contributed by atoms with Gasteiger partial charge in [-0.15, -0.1) is 0 Å². The molecule has 0 amide bonds. The number of halogens is 1. The van der Waals surface area contributed by atoms with Crippen molar-refractivity contribution in [3.8, 4) is 0 Å². The van der Waals surface area contributed by atoms with E-state index >= 15 is 0 Å². The highest BCUT2D eigenvalue weighted by molar-refractivity contribution is 6.32. The number of fused-ring (bicyclic) bond motifs is 1. The van der Waals surface area contributed by atoms with Gasteiger partial charge in [-0.3, -0.25) is 0 Å². The number of aromatic nitrogens is 1. The molecule has 1 aromatic carbocycles. The molecule has 2 N–H and O–H groups in total. The summed E-state index contributed by atoms with van der Waals surface area (Å²) in [6, 6.07) is 6.07. The minimum absolute atomic E-state index is 0.558. The fraction of sp³-hybridized carbons (Fsp3) is 0.273. The molecule has 0 aliphatic rings. The van der Waals surface area contributed by atoms with Crippen LogP contribution >= 0.6 is 11.6 Å². The molecule has 0 bridgehead atoms. The molecule has 1 aromatic heterocycles. The molecule has 0 aliphatic heterocycles. The summed E-state index contributed by atoms with van der Waals surface area (Å²) in [5.74, 6) is 0. The third kappa shape index (κ3) is 1.22. The highest BCUT2D eigenvalue weighted by atomic mass is 35.5. The van der Waals surface area contributed by atoms with Crippen LogP contribution in [0.2, 0.25) is 5.02 Å². The zero-order chi connectivity index (χ0) is 10.3. The van der Waals surface area contributed by atoms with Gasteiger partial charge in [0.1, 0.15) is 0 Å². The van der Waals surface area contributed by atoms with Gasteiger partial charge in [0.2, 0.25) is 0 Å². The molecule has 0 radical (unpaired) electrons. The molecular formula is C11H13ClN2. The summed E-state index contributed by atoms with van der Waals surface area (Å²) in [7, 11) is 2.02. The number of hydrogen-bond donors (Lipinski definition) is 1. The molecule has 0 saturated heterocycles. The Morgan fingerprint density at radius 3 is 2.79 bits per heavy atom. The van der Waals surface area contributed by atoms with E-state index in [1.165, 1.54) is 10.9 Å². The topological polar surface area (TPSA) is 30.9 Å². The summed E-state index contributed by atoms with van der Waals surface area (Å²) in [4.78, 5) is 0. The van der Waals surface area contributed by atoms with E-state index < -0.39 is 0 Å². The first-order chi connectivity index (χ1) is 6.65. The predicted molar refractivity (Wildman–Crippen MR) is 60.6 cm³/mol. The Morgan fingerprint density at radius 2 is 2.14 bits per heavy atom. The molecule has 2 nitrogen and oxygen atoms in total. The molecule has 1 heterocycles. The van der Waals surface area contributed by atoms with Crippen molar-refractivity contribution in [2.45, 2.75) is 13.5 Å². The van der Waals surface area contributed by atoms with Gasteiger partial charge < -0.3 is 10.3 Å². The molecule has 74 valence electrons. The minimum atomic E-state index is 0.558. The van der Waals surface area contributed by atoms with Gasteiger partial charge in [-0.1, -0.05) is 17.7 Å². The molecule has 0 unspecified atom stereocenters. The van der Waals surface area contributed by atoms with Crippen LogP contribution in [0.15, 0.2) is 18.2 Å². The Morgan fingerprint density at radius 1 is 1.43 bits per heavy atom. The summed E-state index contributed by atoms with van der Waals surface area (Å²) < 4.78 is 2.11. The zero-order valence-corrected chi connectivity index (χ0v) is 9.10. The quantitative estimate of drug-likeness (QED) is 0.768. The van der Waals surface area contributed by atoms with Gasteiger partial charge in [-0.2, -0.15) is 0 Å². The molecule has 14 heavy (non-hydrogen) atoms. The highest BCUT2D eigenvalue weighted by Gasteiger charge is 2.08. The maximum Gasteiger partial charge on any atom is 0.0524 e. The third-order valence-electron chi connectivity index (χ3n) is 2.69. The van der Waals surface area contributed by atoms with Crippen molar-refractivity contribution in [1.82, 2.24) is 4.57 Å². The van der Waals surface area contributed by atoms with E-state index in [2.05, 4.69) is 10.6 Å². The molecular weight excluding hydrogens is 196 g/mol. The summed E-state index contributed by atoms with van der Waals surface area (Å²) >= 11 is 6.07. The van der Waals surface area contributed by atoms with Crippen molar-refractivity contribution in [3.05, 3.63) is 34.5 Å². The number of nitrogens with two attached hydrogens (primary N) is 1. The van der Waals surface area contributed by atoms with Crippen LogP contribution in [-0.2, 0) is 13.6 Å². The number of benzene rings is 1. The van der Waals surface area contributed by atoms with Crippen molar-refractivity contribution >= 4 is 22.5 Å². The van der Waals surface area contributed by atoms with Gasteiger partial charge in [0.15, 0.2) is 0 Å². The van der Waals surface area contributed by atoms with Crippen LogP contribution < -0.4 is 5.73 Å². The first-order valence-electron chi connectivity index (χ1n) is 4.58. The largest absolute Gasteiger partial charge is 0.346 e. The van der Waals surface area contributed by atoms with Crippen molar-refractivity contribution in [2.24, 2.45) is 12.8 Å². The lowest BCUT2D eigenvalue weighted by molar-refractivity contribution is 0.847. The molecule has 0 fully saturated rings. The van der Waals surface area contributed by atoms with Crippen LogP contribution in [0.4, 0.5) is 0 Å². The molecule has 2 aromatic rings. The molecule has 0 spiro atoms. The molecule has 3 heteroatoms. The minimum Gasteiger partial charge on any atom is -0.346 e. The summed E-state index contributed by atoms with van der Waals surface area (Å²) in [6.07, 6.45) is 0. The predicted octanol–water partition coefficient (Wildman–Crippen LogP) is 2.60. The van der Waals surface area contributed by atoms with E-state index in [0.29, 0.717) is 6.54 Å². The van der Waals surface area contributed by atoms with E-state index in [-0.39, 0.29) is 0 Å². The number of nitrogens with zero attached hydrogens (tertiary/aromatic N) is 1. The monoisotopic (exact) mass is 208 g/mol. The van der Waals surface area contributed by atoms with Crippen molar-refractivity contribution in [1.29, 1.82) is 0 Å². The summed E-state index contributed by atoms with van der Waals surface area (Å²) in [5, 5.41) is 2.01. The fourth-order valence-electron chi connectivity index (χ4n) is 1.87. The number of aryl methyl sites for hydroxylation is 2. The SMILES string of the molecule is Cc1c(Cl)ccc2cc(CN)n(C)c12. The van der Waals surface area contributed by atoms with E-state index in [1.807, 2.05) is 26.1 Å². The standard InChI is InChI=1S/C11H13ClN2/c1-7-10(12)4-3-8-5-9(6-13)14(2)11(7)8/h3-5H,6,13H2,1-2H3. The van der Waals surface area contributed by atoms with Gasteiger partial charge in [0, 0.05) is 29.7 Å². The first kappa shape index (κ1) is 9.56. The van der Waals surface area contributed by atoms with Crippen LogP contribution in [0, 0.1) is 6.92 Å². The van der Waals surface area contributed by atoms with Gasteiger partial charge in [-0.25, -0.2) is 0 Å². The summed E-state index contributed by atoms with van der Waals surface area (Å²) in [5.41, 5.74) is 9.07. The highest BCUT2D eigenvalue weighted by Crippen LogP contribution is 2.27. The number of hydrogen-bond acceptors (Lipinski definition) is 1. The molecule has 0 saturated carbocycles. The van der Waals surface area contributed by atoms with Crippen molar-refractivity contribution in [2.75, 3.05) is 0 Å². The lowest BCUT2D eigenvalue weighted by Crippen LogP contribution is -2.03.